The maximum absolute atomic E-state index is 11.4. The summed E-state index contributed by atoms with van der Waals surface area (Å²) in [6.07, 6.45) is 3.87. The second-order valence-electron chi connectivity index (χ2n) is 4.37. The molecule has 2 aliphatic rings. The van der Waals surface area contributed by atoms with Crippen molar-refractivity contribution in [2.75, 3.05) is 7.05 Å². The Morgan fingerprint density at radius 1 is 1.31 bits per heavy atom. The van der Waals surface area contributed by atoms with Crippen LogP contribution in [0.1, 0.15) is 25.7 Å². The van der Waals surface area contributed by atoms with Crippen molar-refractivity contribution in [3.05, 3.63) is 0 Å². The molecule has 0 saturated heterocycles. The molecule has 3 nitrogen and oxygen atoms in total. The van der Waals surface area contributed by atoms with E-state index in [1.807, 2.05) is 0 Å². The largest absolute Gasteiger partial charge is 0.393 e. The van der Waals surface area contributed by atoms with Crippen LogP contribution < -0.4 is 5.32 Å². The summed E-state index contributed by atoms with van der Waals surface area (Å²) in [5, 5.41) is 12.4. The molecule has 0 aliphatic heterocycles. The molecular formula is C10H17NO2. The minimum absolute atomic E-state index is 0.124. The van der Waals surface area contributed by atoms with Crippen LogP contribution in [0.5, 0.6) is 0 Å². The Kier molecular flexibility index (Phi) is 2.28. The molecule has 2 rings (SSSR count). The number of carbonyl (C=O) groups is 1. The zero-order valence-electron chi connectivity index (χ0n) is 7.99. The first-order chi connectivity index (χ1) is 6.22. The zero-order chi connectivity index (χ0) is 9.42. The highest BCUT2D eigenvalue weighted by Gasteiger charge is 2.43. The molecule has 2 fully saturated rings. The van der Waals surface area contributed by atoms with Gasteiger partial charge in [0.1, 0.15) is 0 Å². The third-order valence-corrected chi connectivity index (χ3v) is 3.67. The van der Waals surface area contributed by atoms with Gasteiger partial charge in [-0.2, -0.15) is 0 Å². The summed E-state index contributed by atoms with van der Waals surface area (Å²) in [7, 11) is 1.69. The summed E-state index contributed by atoms with van der Waals surface area (Å²) in [6.45, 7) is 0. The summed E-state index contributed by atoms with van der Waals surface area (Å²) < 4.78 is 0. The van der Waals surface area contributed by atoms with Crippen LogP contribution in [0.25, 0.3) is 0 Å². The molecule has 0 unspecified atom stereocenters. The Hall–Kier alpha value is -0.570. The van der Waals surface area contributed by atoms with Gasteiger partial charge in [0.15, 0.2) is 0 Å². The number of aliphatic hydroxyl groups is 1. The standard InChI is InChI=1S/C10H17NO2/c1-11-10(13)8-4-6-2-3-7(5-8)9(6)12/h6-9,12H,2-5H2,1H3,(H,11,13)/t6-,7-,8?,9?/m1/s1. The minimum atomic E-state index is -0.124. The third kappa shape index (κ3) is 1.46. The van der Waals surface area contributed by atoms with Crippen LogP contribution in [0.15, 0.2) is 0 Å². The lowest BCUT2D eigenvalue weighted by Crippen LogP contribution is -2.37. The van der Waals surface area contributed by atoms with Crippen LogP contribution in [0.4, 0.5) is 0 Å². The Bertz CT molecular complexity index is 203. The van der Waals surface area contributed by atoms with Crippen molar-refractivity contribution in [2.45, 2.75) is 31.8 Å². The van der Waals surface area contributed by atoms with Crippen LogP contribution in [0.3, 0.4) is 0 Å². The van der Waals surface area contributed by atoms with Crippen LogP contribution in [-0.2, 0) is 4.79 Å². The molecule has 3 heteroatoms. The van der Waals surface area contributed by atoms with Crippen LogP contribution in [0, 0.1) is 17.8 Å². The van der Waals surface area contributed by atoms with E-state index >= 15 is 0 Å². The molecule has 2 N–H and O–H groups in total. The lowest BCUT2D eigenvalue weighted by Gasteiger charge is -2.30. The van der Waals surface area contributed by atoms with Gasteiger partial charge >= 0.3 is 0 Å². The Morgan fingerprint density at radius 2 is 1.85 bits per heavy atom. The van der Waals surface area contributed by atoms with E-state index in [1.165, 1.54) is 0 Å². The average molecular weight is 183 g/mol. The zero-order valence-corrected chi connectivity index (χ0v) is 7.99. The maximum Gasteiger partial charge on any atom is 0.222 e. The van der Waals surface area contributed by atoms with Gasteiger partial charge in [-0.3, -0.25) is 4.79 Å². The number of carbonyl (C=O) groups excluding carboxylic acids is 1. The van der Waals surface area contributed by atoms with Crippen molar-refractivity contribution < 1.29 is 9.90 Å². The highest BCUT2D eigenvalue weighted by Crippen LogP contribution is 2.44. The van der Waals surface area contributed by atoms with Crippen molar-refractivity contribution in [3.63, 3.8) is 0 Å². The van der Waals surface area contributed by atoms with Gasteiger partial charge in [0, 0.05) is 13.0 Å². The number of fused-ring (bicyclic) bond motifs is 2. The predicted molar refractivity (Wildman–Crippen MR) is 49.0 cm³/mol. The molecular weight excluding hydrogens is 166 g/mol. The first kappa shape index (κ1) is 9.00. The molecule has 74 valence electrons. The number of hydrogen-bond donors (Lipinski definition) is 2. The van der Waals surface area contributed by atoms with Gasteiger partial charge in [0.05, 0.1) is 6.10 Å². The van der Waals surface area contributed by atoms with Gasteiger partial charge in [0.2, 0.25) is 5.91 Å². The molecule has 0 aromatic rings. The highest BCUT2D eigenvalue weighted by molar-refractivity contribution is 5.78. The molecule has 2 atom stereocenters. The van der Waals surface area contributed by atoms with Gasteiger partial charge in [0.25, 0.3) is 0 Å². The topological polar surface area (TPSA) is 49.3 Å². The molecule has 13 heavy (non-hydrogen) atoms. The minimum Gasteiger partial charge on any atom is -0.393 e. The summed E-state index contributed by atoms with van der Waals surface area (Å²) in [5.41, 5.74) is 0. The number of amides is 1. The van der Waals surface area contributed by atoms with Crippen LogP contribution in [-0.4, -0.2) is 24.2 Å². The molecule has 0 spiro atoms. The molecule has 0 aromatic heterocycles. The SMILES string of the molecule is CNC(=O)C1C[C@H]2CC[C@H](C1)C2O. The monoisotopic (exact) mass is 183 g/mol. The fourth-order valence-electron chi connectivity index (χ4n) is 2.91. The first-order valence-electron chi connectivity index (χ1n) is 5.12. The lowest BCUT2D eigenvalue weighted by molar-refractivity contribution is -0.127. The quantitative estimate of drug-likeness (QED) is 0.623. The average Bonchev–Trinajstić information content (AvgIpc) is 2.42. The van der Waals surface area contributed by atoms with Gasteiger partial charge in [-0.05, 0) is 37.5 Å². The van der Waals surface area contributed by atoms with Gasteiger partial charge in [-0.25, -0.2) is 0 Å². The molecule has 2 bridgehead atoms. The Labute approximate surface area is 78.5 Å². The summed E-state index contributed by atoms with van der Waals surface area (Å²) in [5.74, 6) is 1.09. The molecule has 0 radical (unpaired) electrons. The lowest BCUT2D eigenvalue weighted by atomic mass is 9.78. The smallest absolute Gasteiger partial charge is 0.222 e. The van der Waals surface area contributed by atoms with E-state index in [0.717, 1.165) is 25.7 Å². The fraction of sp³-hybridized carbons (Fsp3) is 0.900. The Balaban J connectivity index is 2.02. The van der Waals surface area contributed by atoms with E-state index in [4.69, 9.17) is 0 Å². The van der Waals surface area contributed by atoms with Crippen molar-refractivity contribution in [1.82, 2.24) is 5.32 Å². The van der Waals surface area contributed by atoms with E-state index in [-0.39, 0.29) is 17.9 Å². The van der Waals surface area contributed by atoms with Crippen molar-refractivity contribution >= 4 is 5.91 Å². The van der Waals surface area contributed by atoms with Crippen molar-refractivity contribution in [2.24, 2.45) is 17.8 Å². The van der Waals surface area contributed by atoms with Crippen molar-refractivity contribution in [3.8, 4) is 0 Å². The molecule has 0 heterocycles. The summed E-state index contributed by atoms with van der Waals surface area (Å²) in [6, 6.07) is 0. The van der Waals surface area contributed by atoms with Gasteiger partial charge < -0.3 is 10.4 Å². The number of nitrogens with one attached hydrogen (secondary N) is 1. The van der Waals surface area contributed by atoms with Crippen LogP contribution in [0.2, 0.25) is 0 Å². The molecule has 2 aliphatic carbocycles. The van der Waals surface area contributed by atoms with E-state index in [2.05, 4.69) is 5.32 Å². The number of aliphatic hydroxyl groups excluding tert-OH is 1. The van der Waals surface area contributed by atoms with Gasteiger partial charge in [-0.15, -0.1) is 0 Å². The predicted octanol–water partition coefficient (Wildman–Crippen LogP) is 0.529. The summed E-state index contributed by atoms with van der Waals surface area (Å²) >= 11 is 0. The number of rotatable bonds is 1. The molecule has 0 aromatic carbocycles. The van der Waals surface area contributed by atoms with E-state index in [9.17, 15) is 9.90 Å². The van der Waals surface area contributed by atoms with Gasteiger partial charge in [-0.1, -0.05) is 0 Å². The normalized spacial score (nSPS) is 43.2. The van der Waals surface area contributed by atoms with E-state index in [1.54, 1.807) is 7.05 Å². The first-order valence-corrected chi connectivity index (χ1v) is 5.12. The molecule has 2 saturated carbocycles. The second-order valence-corrected chi connectivity index (χ2v) is 4.37. The number of hydrogen-bond acceptors (Lipinski definition) is 2. The third-order valence-electron chi connectivity index (χ3n) is 3.67. The fourth-order valence-corrected chi connectivity index (χ4v) is 2.91. The molecule has 1 amide bonds. The van der Waals surface area contributed by atoms with Crippen molar-refractivity contribution in [1.29, 1.82) is 0 Å². The second kappa shape index (κ2) is 3.29. The highest BCUT2D eigenvalue weighted by atomic mass is 16.3. The Morgan fingerprint density at radius 3 is 2.31 bits per heavy atom. The summed E-state index contributed by atoms with van der Waals surface area (Å²) in [4.78, 5) is 11.4. The van der Waals surface area contributed by atoms with E-state index < -0.39 is 0 Å². The van der Waals surface area contributed by atoms with Crippen LogP contribution >= 0.6 is 0 Å². The maximum atomic E-state index is 11.4. The van der Waals surface area contributed by atoms with E-state index in [0.29, 0.717) is 11.8 Å².